The van der Waals surface area contributed by atoms with Gasteiger partial charge in [-0.25, -0.2) is 0 Å². The topological polar surface area (TPSA) is 90.4 Å². The van der Waals surface area contributed by atoms with Crippen molar-refractivity contribution in [3.05, 3.63) is 66.4 Å². The van der Waals surface area contributed by atoms with Crippen molar-refractivity contribution in [1.82, 2.24) is 4.98 Å². The summed E-state index contributed by atoms with van der Waals surface area (Å²) in [5.74, 6) is -0.128. The fraction of sp³-hybridized carbons (Fsp3) is 0.105. The molecule has 8 heteroatoms. The molecule has 2 aromatic carbocycles. The minimum Gasteiger partial charge on any atom is -0.755 e. The van der Waals surface area contributed by atoms with E-state index >= 15 is 0 Å². The molecule has 0 aliphatic carbocycles. The summed E-state index contributed by atoms with van der Waals surface area (Å²) in [4.78, 5) is 27.3. The Kier molecular flexibility index (Phi) is 6.00. The highest BCUT2D eigenvalue weighted by molar-refractivity contribution is 8.14. The van der Waals surface area contributed by atoms with Gasteiger partial charge in [-0.1, -0.05) is 17.8 Å². The van der Waals surface area contributed by atoms with Gasteiger partial charge in [-0.05, 0) is 48.5 Å². The molecule has 6 nitrogen and oxygen atoms in total. The van der Waals surface area contributed by atoms with Crippen LogP contribution in [0.3, 0.4) is 0 Å². The number of Topliss-reactive ketones (excluding diaryl/α,β-unsaturated/α-hetero) is 1. The minimum atomic E-state index is -2.55. The molecule has 27 heavy (non-hydrogen) atoms. The summed E-state index contributed by atoms with van der Waals surface area (Å²) >= 11 is -1.60. The number of benzene rings is 2. The normalized spacial score (nSPS) is 11.9. The maximum absolute atomic E-state index is 12.1. The van der Waals surface area contributed by atoms with Gasteiger partial charge >= 0.3 is 0 Å². The molecule has 1 aromatic heterocycles. The second-order valence-corrected chi connectivity index (χ2v) is 7.59. The number of pyridine rings is 1. The van der Waals surface area contributed by atoms with Crippen molar-refractivity contribution in [2.45, 2.75) is 6.92 Å². The lowest BCUT2D eigenvalue weighted by atomic mass is 10.1. The van der Waals surface area contributed by atoms with Gasteiger partial charge in [0.25, 0.3) is 0 Å². The van der Waals surface area contributed by atoms with Crippen LogP contribution in [0.15, 0.2) is 60.8 Å². The van der Waals surface area contributed by atoms with Crippen LogP contribution in [0, 0.1) is 0 Å². The highest BCUT2D eigenvalue weighted by Crippen LogP contribution is 2.29. The first-order valence-corrected chi connectivity index (χ1v) is 9.98. The molecule has 0 radical (unpaired) electrons. The number of anilines is 2. The number of thioether (sulfide) groups is 1. The van der Waals surface area contributed by atoms with Gasteiger partial charge in [-0.15, -0.1) is 0 Å². The van der Waals surface area contributed by atoms with Crippen molar-refractivity contribution >= 4 is 56.2 Å². The second-order valence-electron chi connectivity index (χ2n) is 5.64. The van der Waals surface area contributed by atoms with Crippen molar-refractivity contribution < 1.29 is 18.4 Å². The van der Waals surface area contributed by atoms with Gasteiger partial charge in [0, 0.05) is 24.1 Å². The number of nitrogens with zero attached hydrogens (tertiary/aromatic N) is 2. The fourth-order valence-corrected chi connectivity index (χ4v) is 3.62. The molecular formula is C19H15N2O4S2-. The summed E-state index contributed by atoms with van der Waals surface area (Å²) in [6.07, 6.45) is 1.67. The molecule has 0 saturated heterocycles. The molecule has 0 aliphatic rings. The third-order valence-corrected chi connectivity index (χ3v) is 5.33. The number of hydrogen-bond acceptors (Lipinski definition) is 6. The smallest absolute Gasteiger partial charge is 0.186 e. The molecule has 3 rings (SSSR count). The lowest BCUT2D eigenvalue weighted by Crippen LogP contribution is -2.19. The number of fused-ring (bicyclic) bond motifs is 1. The molecule has 0 saturated carbocycles. The summed E-state index contributed by atoms with van der Waals surface area (Å²) in [5.41, 5.74) is 2.06. The molecular weight excluding hydrogens is 384 g/mol. The van der Waals surface area contributed by atoms with Gasteiger partial charge in [0.1, 0.15) is 0 Å². The van der Waals surface area contributed by atoms with Crippen molar-refractivity contribution in [3.8, 4) is 0 Å². The maximum atomic E-state index is 12.1. The number of aromatic nitrogens is 1. The predicted molar refractivity (Wildman–Crippen MR) is 107 cm³/mol. The number of carbonyl (C=O) groups excluding carboxylic acids is 2. The van der Waals surface area contributed by atoms with Crippen molar-refractivity contribution in [2.75, 3.05) is 10.1 Å². The van der Waals surface area contributed by atoms with E-state index in [2.05, 4.69) is 4.98 Å². The van der Waals surface area contributed by atoms with Crippen molar-refractivity contribution in [2.24, 2.45) is 0 Å². The van der Waals surface area contributed by atoms with E-state index in [9.17, 15) is 18.4 Å². The lowest BCUT2D eigenvalue weighted by Gasteiger charge is -2.26. The van der Waals surface area contributed by atoms with Crippen LogP contribution in [-0.2, 0) is 16.1 Å². The maximum Gasteiger partial charge on any atom is 0.186 e. The highest BCUT2D eigenvalue weighted by atomic mass is 32.2. The molecule has 1 unspecified atom stereocenters. The molecule has 0 bridgehead atoms. The number of carbonyl (C=O) groups is 2. The first kappa shape index (κ1) is 19.2. The quantitative estimate of drug-likeness (QED) is 0.464. The van der Waals surface area contributed by atoms with Crippen LogP contribution in [0.1, 0.15) is 17.3 Å². The first-order valence-electron chi connectivity index (χ1n) is 7.96. The zero-order valence-electron chi connectivity index (χ0n) is 14.3. The zero-order valence-corrected chi connectivity index (χ0v) is 16.0. The fourth-order valence-electron chi connectivity index (χ4n) is 2.54. The van der Waals surface area contributed by atoms with Gasteiger partial charge in [-0.3, -0.25) is 23.1 Å². The summed E-state index contributed by atoms with van der Waals surface area (Å²) < 4.78 is 24.8. The van der Waals surface area contributed by atoms with E-state index in [0.29, 0.717) is 16.9 Å². The van der Waals surface area contributed by atoms with Crippen LogP contribution in [-0.4, -0.2) is 30.4 Å². The van der Waals surface area contributed by atoms with E-state index in [0.717, 1.165) is 27.0 Å². The Hall–Kier alpha value is -2.55. The largest absolute Gasteiger partial charge is 0.755 e. The Labute approximate surface area is 163 Å². The molecule has 1 heterocycles. The number of hydrogen-bond donors (Lipinski definition) is 0. The third kappa shape index (κ3) is 4.60. The molecule has 3 aromatic rings. The zero-order chi connectivity index (χ0) is 19.4. The average Bonchev–Trinajstić information content (AvgIpc) is 2.66. The molecule has 0 amide bonds. The summed E-state index contributed by atoms with van der Waals surface area (Å²) in [6.45, 7) is 1.40. The van der Waals surface area contributed by atoms with Crippen LogP contribution in [0.4, 0.5) is 11.4 Å². The van der Waals surface area contributed by atoms with E-state index < -0.39 is 11.3 Å². The predicted octanol–water partition coefficient (Wildman–Crippen LogP) is 3.63. The standard InChI is InChI=1S/C19H16N2O4S2/c1-13(22)26-12-19(23)14-4-6-16(7-5-14)21(27(24)25)17-8-9-18-15(11-17)3-2-10-20-18/h2-11H,12H2,1H3,(H,24,25)/p-1. The molecule has 0 spiro atoms. The van der Waals surface area contributed by atoms with Crippen molar-refractivity contribution in [1.29, 1.82) is 0 Å². The third-order valence-electron chi connectivity index (χ3n) is 3.80. The molecule has 1 atom stereocenters. The van der Waals surface area contributed by atoms with Crippen LogP contribution >= 0.6 is 11.8 Å². The molecule has 0 aliphatic heterocycles. The number of rotatable bonds is 6. The van der Waals surface area contributed by atoms with Crippen LogP contribution in [0.25, 0.3) is 10.9 Å². The van der Waals surface area contributed by atoms with Crippen LogP contribution in [0.5, 0.6) is 0 Å². The molecule has 0 fully saturated rings. The molecule has 0 N–H and O–H groups in total. The summed E-state index contributed by atoms with van der Waals surface area (Å²) in [5, 5.41) is 0.692. The highest BCUT2D eigenvalue weighted by Gasteiger charge is 2.13. The average molecular weight is 399 g/mol. The number of ketones is 1. The van der Waals surface area contributed by atoms with E-state index in [1.165, 1.54) is 6.92 Å². The van der Waals surface area contributed by atoms with E-state index in [1.807, 2.05) is 6.07 Å². The SMILES string of the molecule is CC(=O)SCC(=O)c1ccc(N(c2ccc3ncccc3c2)S(=O)[O-])cc1. The van der Waals surface area contributed by atoms with Gasteiger partial charge in [0.15, 0.2) is 10.9 Å². The minimum absolute atomic E-state index is 0.0591. The van der Waals surface area contributed by atoms with E-state index in [4.69, 9.17) is 0 Å². The second kappa shape index (κ2) is 8.43. The summed E-state index contributed by atoms with van der Waals surface area (Å²) in [7, 11) is 0. The Morgan fingerprint density at radius 2 is 1.81 bits per heavy atom. The van der Waals surface area contributed by atoms with Gasteiger partial charge in [0.2, 0.25) is 0 Å². The van der Waals surface area contributed by atoms with E-state index in [1.54, 1.807) is 54.7 Å². The first-order chi connectivity index (χ1) is 13.0. The Balaban J connectivity index is 1.89. The Morgan fingerprint density at radius 1 is 1.11 bits per heavy atom. The van der Waals surface area contributed by atoms with Crippen molar-refractivity contribution in [3.63, 3.8) is 0 Å². The van der Waals surface area contributed by atoms with Crippen LogP contribution < -0.4 is 4.31 Å². The van der Waals surface area contributed by atoms with Gasteiger partial charge in [0.05, 0.1) is 33.9 Å². The van der Waals surface area contributed by atoms with Gasteiger partial charge in [-0.2, -0.15) is 0 Å². The summed E-state index contributed by atoms with van der Waals surface area (Å²) in [6, 6.07) is 15.0. The Morgan fingerprint density at radius 3 is 2.48 bits per heavy atom. The lowest BCUT2D eigenvalue weighted by molar-refractivity contribution is -0.109. The molecule has 138 valence electrons. The van der Waals surface area contributed by atoms with Gasteiger partial charge < -0.3 is 4.55 Å². The van der Waals surface area contributed by atoms with E-state index in [-0.39, 0.29) is 16.7 Å². The monoisotopic (exact) mass is 399 g/mol. The Bertz CT molecular complexity index is 1020. The van der Waals surface area contributed by atoms with Crippen LogP contribution in [0.2, 0.25) is 0 Å².